The number of nitrogens with two attached hydrogens (primary N) is 1. The third-order valence-electron chi connectivity index (χ3n) is 2.85. The fourth-order valence-electron chi connectivity index (χ4n) is 2.04. The number of nitrogens with zero attached hydrogens (tertiary/aromatic N) is 2. The number of anilines is 1. The van der Waals surface area contributed by atoms with Gasteiger partial charge in [0.05, 0.1) is 12.7 Å². The van der Waals surface area contributed by atoms with Crippen LogP contribution in [0.5, 0.6) is 0 Å². The van der Waals surface area contributed by atoms with Crippen LogP contribution in [0.3, 0.4) is 0 Å². The highest BCUT2D eigenvalue weighted by Gasteiger charge is 2.20. The van der Waals surface area contributed by atoms with E-state index in [0.717, 1.165) is 31.1 Å². The van der Waals surface area contributed by atoms with Crippen molar-refractivity contribution in [2.24, 2.45) is 5.73 Å². The summed E-state index contributed by atoms with van der Waals surface area (Å²) in [5.41, 5.74) is 7.07. The normalized spacial score (nSPS) is 23.2. The van der Waals surface area contributed by atoms with Gasteiger partial charge in [0.15, 0.2) is 0 Å². The minimum absolute atomic E-state index is 0.0156. The van der Waals surface area contributed by atoms with Gasteiger partial charge in [0.25, 0.3) is 0 Å². The number of ether oxygens (including phenoxy) is 1. The van der Waals surface area contributed by atoms with Gasteiger partial charge in [-0.05, 0) is 19.9 Å². The number of aromatic nitrogens is 1. The van der Waals surface area contributed by atoms with E-state index in [9.17, 15) is 0 Å². The highest BCUT2D eigenvalue weighted by molar-refractivity contribution is 5.48. The number of morpholine rings is 1. The van der Waals surface area contributed by atoms with Crippen molar-refractivity contribution in [3.05, 3.63) is 23.9 Å². The Morgan fingerprint density at radius 1 is 1.62 bits per heavy atom. The van der Waals surface area contributed by atoms with Crippen molar-refractivity contribution >= 4 is 5.82 Å². The van der Waals surface area contributed by atoms with E-state index in [1.54, 1.807) is 0 Å². The van der Waals surface area contributed by atoms with Gasteiger partial charge in [-0.25, -0.2) is 4.98 Å². The number of hydrogen-bond donors (Lipinski definition) is 1. The Balaban J connectivity index is 2.25. The molecule has 4 heteroatoms. The lowest BCUT2D eigenvalue weighted by atomic mass is 10.1. The first-order chi connectivity index (χ1) is 7.68. The van der Waals surface area contributed by atoms with E-state index < -0.39 is 0 Å². The van der Waals surface area contributed by atoms with Gasteiger partial charge in [-0.2, -0.15) is 0 Å². The van der Waals surface area contributed by atoms with Crippen molar-refractivity contribution in [3.63, 3.8) is 0 Å². The third kappa shape index (κ3) is 2.33. The van der Waals surface area contributed by atoms with Crippen LogP contribution >= 0.6 is 0 Å². The standard InChI is InChI=1S/C12H19N3O/c1-9-8-15(6-7-16-9)12-11(10(2)13)4-3-5-14-12/h3-5,9-10H,6-8,13H2,1-2H3. The Bertz CT molecular complexity index is 354. The van der Waals surface area contributed by atoms with Gasteiger partial charge in [0.1, 0.15) is 5.82 Å². The van der Waals surface area contributed by atoms with Crippen LogP contribution in [0.2, 0.25) is 0 Å². The molecule has 1 saturated heterocycles. The topological polar surface area (TPSA) is 51.4 Å². The second-order valence-corrected chi connectivity index (χ2v) is 4.33. The molecule has 2 N–H and O–H groups in total. The van der Waals surface area contributed by atoms with E-state index >= 15 is 0 Å². The van der Waals surface area contributed by atoms with E-state index in [1.165, 1.54) is 0 Å². The fraction of sp³-hybridized carbons (Fsp3) is 0.583. The number of hydrogen-bond acceptors (Lipinski definition) is 4. The number of rotatable bonds is 2. The molecule has 1 fully saturated rings. The van der Waals surface area contributed by atoms with Gasteiger partial charge in [0.2, 0.25) is 0 Å². The second-order valence-electron chi connectivity index (χ2n) is 4.33. The molecule has 2 unspecified atom stereocenters. The van der Waals surface area contributed by atoms with Crippen molar-refractivity contribution < 1.29 is 4.74 Å². The number of pyridine rings is 1. The quantitative estimate of drug-likeness (QED) is 0.818. The zero-order valence-corrected chi connectivity index (χ0v) is 9.89. The molecule has 1 aliphatic rings. The minimum Gasteiger partial charge on any atom is -0.375 e. The maximum absolute atomic E-state index is 5.96. The molecule has 0 spiro atoms. The summed E-state index contributed by atoms with van der Waals surface area (Å²) in [6, 6.07) is 4.00. The fourth-order valence-corrected chi connectivity index (χ4v) is 2.04. The van der Waals surface area contributed by atoms with Gasteiger partial charge < -0.3 is 15.4 Å². The molecule has 16 heavy (non-hydrogen) atoms. The van der Waals surface area contributed by atoms with E-state index in [0.29, 0.717) is 0 Å². The molecule has 0 aliphatic carbocycles. The highest BCUT2D eigenvalue weighted by Crippen LogP contribution is 2.23. The predicted octanol–water partition coefficient (Wildman–Crippen LogP) is 1.33. The lowest BCUT2D eigenvalue weighted by molar-refractivity contribution is 0.0528. The monoisotopic (exact) mass is 221 g/mol. The maximum atomic E-state index is 5.96. The average molecular weight is 221 g/mol. The largest absolute Gasteiger partial charge is 0.375 e. The molecule has 0 amide bonds. The van der Waals surface area contributed by atoms with Gasteiger partial charge in [-0.15, -0.1) is 0 Å². The molecule has 4 nitrogen and oxygen atoms in total. The van der Waals surface area contributed by atoms with Crippen LogP contribution in [0.25, 0.3) is 0 Å². The van der Waals surface area contributed by atoms with Crippen LogP contribution in [-0.4, -0.2) is 30.8 Å². The summed E-state index contributed by atoms with van der Waals surface area (Å²) in [5.74, 6) is 1.01. The van der Waals surface area contributed by atoms with E-state index in [4.69, 9.17) is 10.5 Å². The first-order valence-electron chi connectivity index (χ1n) is 5.75. The molecular formula is C12H19N3O. The third-order valence-corrected chi connectivity index (χ3v) is 2.85. The molecule has 0 aromatic carbocycles. The Labute approximate surface area is 96.4 Å². The molecule has 0 radical (unpaired) electrons. The average Bonchev–Trinajstić information content (AvgIpc) is 2.29. The summed E-state index contributed by atoms with van der Waals surface area (Å²) < 4.78 is 5.53. The molecule has 0 saturated carbocycles. The van der Waals surface area contributed by atoms with Crippen molar-refractivity contribution in [3.8, 4) is 0 Å². The Morgan fingerprint density at radius 2 is 2.44 bits per heavy atom. The van der Waals surface area contributed by atoms with Gasteiger partial charge in [-0.3, -0.25) is 0 Å². The van der Waals surface area contributed by atoms with Crippen LogP contribution < -0.4 is 10.6 Å². The maximum Gasteiger partial charge on any atom is 0.133 e. The molecule has 1 aromatic heterocycles. The van der Waals surface area contributed by atoms with Gasteiger partial charge in [0, 0.05) is 30.9 Å². The van der Waals surface area contributed by atoms with Crippen molar-refractivity contribution in [1.82, 2.24) is 4.98 Å². The van der Waals surface area contributed by atoms with Crippen molar-refractivity contribution in [2.45, 2.75) is 26.0 Å². The van der Waals surface area contributed by atoms with Crippen LogP contribution in [0, 0.1) is 0 Å². The Morgan fingerprint density at radius 3 is 3.12 bits per heavy atom. The lowest BCUT2D eigenvalue weighted by Gasteiger charge is -2.33. The first kappa shape index (κ1) is 11.4. The van der Waals surface area contributed by atoms with E-state index in [2.05, 4.69) is 16.8 Å². The SMILES string of the molecule is CC1CN(c2ncccc2C(C)N)CCO1. The zero-order valence-electron chi connectivity index (χ0n) is 9.89. The summed E-state index contributed by atoms with van der Waals surface area (Å²) in [6.45, 7) is 6.61. The summed E-state index contributed by atoms with van der Waals surface area (Å²) in [5, 5.41) is 0. The summed E-state index contributed by atoms with van der Waals surface area (Å²) >= 11 is 0. The molecule has 1 aromatic rings. The van der Waals surface area contributed by atoms with Gasteiger partial charge >= 0.3 is 0 Å². The first-order valence-corrected chi connectivity index (χ1v) is 5.75. The predicted molar refractivity (Wildman–Crippen MR) is 64.5 cm³/mol. The van der Waals surface area contributed by atoms with E-state index in [-0.39, 0.29) is 12.1 Å². The van der Waals surface area contributed by atoms with E-state index in [1.807, 2.05) is 25.3 Å². The van der Waals surface area contributed by atoms with Gasteiger partial charge in [-0.1, -0.05) is 6.07 Å². The second kappa shape index (κ2) is 4.80. The van der Waals surface area contributed by atoms with Crippen molar-refractivity contribution in [1.29, 1.82) is 0 Å². The van der Waals surface area contributed by atoms with Crippen LogP contribution in [0.1, 0.15) is 25.5 Å². The molecule has 2 rings (SSSR count). The van der Waals surface area contributed by atoms with Crippen LogP contribution in [0.15, 0.2) is 18.3 Å². The molecule has 2 atom stereocenters. The van der Waals surface area contributed by atoms with Crippen molar-refractivity contribution in [2.75, 3.05) is 24.6 Å². The molecule has 2 heterocycles. The molecule has 88 valence electrons. The Kier molecular flexibility index (Phi) is 3.41. The molecule has 0 bridgehead atoms. The lowest BCUT2D eigenvalue weighted by Crippen LogP contribution is -2.42. The summed E-state index contributed by atoms with van der Waals surface area (Å²) in [7, 11) is 0. The summed E-state index contributed by atoms with van der Waals surface area (Å²) in [4.78, 5) is 6.71. The molecule has 1 aliphatic heterocycles. The van der Waals surface area contributed by atoms with Crippen LogP contribution in [-0.2, 0) is 4.74 Å². The Hall–Kier alpha value is -1.13. The highest BCUT2D eigenvalue weighted by atomic mass is 16.5. The summed E-state index contributed by atoms with van der Waals surface area (Å²) in [6.07, 6.45) is 2.08. The van der Waals surface area contributed by atoms with Crippen LogP contribution in [0.4, 0.5) is 5.82 Å². The molecular weight excluding hydrogens is 202 g/mol. The smallest absolute Gasteiger partial charge is 0.133 e. The minimum atomic E-state index is 0.0156. The zero-order chi connectivity index (χ0) is 11.5.